The van der Waals surface area contributed by atoms with Gasteiger partial charge in [0.25, 0.3) is 0 Å². The number of hydrogen-bond donors (Lipinski definition) is 5. The monoisotopic (exact) mass is 565 g/mol. The Morgan fingerprint density at radius 1 is 0.800 bits per heavy atom. The van der Waals surface area contributed by atoms with Gasteiger partial charge < -0.3 is 30.1 Å². The second-order valence-electron chi connectivity index (χ2n) is 7.88. The molecule has 15 heteroatoms. The van der Waals surface area contributed by atoms with E-state index in [1.807, 2.05) is 0 Å². The largest absolute Gasteiger partial charge is 0.478 e. The first-order chi connectivity index (χ1) is 18.9. The molecule has 5 N–H and O–H groups in total. The highest BCUT2D eigenvalue weighted by molar-refractivity contribution is 6.07. The third-order valence-corrected chi connectivity index (χ3v) is 4.90. The smallest absolute Gasteiger partial charge is 0.328 e. The Morgan fingerprint density at radius 3 is 1.68 bits per heavy atom. The summed E-state index contributed by atoms with van der Waals surface area (Å²) < 4.78 is 18.2. The van der Waals surface area contributed by atoms with Crippen LogP contribution in [-0.2, 0) is 25.7 Å². The Kier molecular flexibility index (Phi) is 14.7. The van der Waals surface area contributed by atoms with Gasteiger partial charge in [-0.25, -0.2) is 23.6 Å². The highest BCUT2D eigenvalue weighted by Gasteiger charge is 2.20. The number of halogens is 1. The van der Waals surface area contributed by atoms with Crippen LogP contribution in [0.25, 0.3) is 0 Å². The first kappa shape index (κ1) is 33.3. The summed E-state index contributed by atoms with van der Waals surface area (Å²) in [6, 6.07) is 7.02. The van der Waals surface area contributed by atoms with Crippen LogP contribution in [-0.4, -0.2) is 109 Å². The molecule has 2 heterocycles. The number of β-amino-alcohol motifs (C(OH)–C–C–N with tert-alkyl or cyclic N) is 1. The lowest BCUT2D eigenvalue weighted by Crippen LogP contribution is -2.46. The maximum atomic E-state index is 12.9. The Balaban J connectivity index is 0.000000412. The van der Waals surface area contributed by atoms with E-state index in [9.17, 15) is 28.4 Å². The summed E-state index contributed by atoms with van der Waals surface area (Å²) in [5, 5.41) is 44.0. The molecule has 1 saturated heterocycles. The molecule has 0 atom stereocenters. The zero-order chi connectivity index (χ0) is 30.1. The van der Waals surface area contributed by atoms with Gasteiger partial charge in [-0.3, -0.25) is 14.6 Å². The van der Waals surface area contributed by atoms with Gasteiger partial charge in [0, 0.05) is 68.7 Å². The molecule has 1 fully saturated rings. The molecule has 40 heavy (non-hydrogen) atoms. The number of aliphatic hydroxyl groups is 1. The first-order valence-corrected chi connectivity index (χ1v) is 11.5. The molecular formula is C25H28FN3O11. The molecule has 1 aromatic heterocycles. The zero-order valence-corrected chi connectivity index (χ0v) is 21.1. The Bertz CT molecular complexity index is 1130. The number of carboxylic acids is 4. The average Bonchev–Trinajstić information content (AvgIpc) is 3.37. The van der Waals surface area contributed by atoms with Gasteiger partial charge in [0.2, 0.25) is 5.78 Å². The fourth-order valence-corrected chi connectivity index (χ4v) is 3.06. The minimum absolute atomic E-state index is 0.178. The van der Waals surface area contributed by atoms with Crippen molar-refractivity contribution in [1.29, 1.82) is 0 Å². The van der Waals surface area contributed by atoms with Crippen LogP contribution in [0.1, 0.15) is 21.8 Å². The van der Waals surface area contributed by atoms with Crippen molar-refractivity contribution in [3.05, 3.63) is 77.5 Å². The number of nitrogens with zero attached hydrogens (tertiary/aromatic N) is 3. The molecule has 216 valence electrons. The summed E-state index contributed by atoms with van der Waals surface area (Å²) in [5.41, 5.74) is 0.615. The highest BCUT2D eigenvalue weighted by Crippen LogP contribution is 2.14. The van der Waals surface area contributed by atoms with E-state index in [0.29, 0.717) is 48.7 Å². The number of piperazine rings is 1. The lowest BCUT2D eigenvalue weighted by Gasteiger charge is -2.33. The maximum absolute atomic E-state index is 12.9. The van der Waals surface area contributed by atoms with Gasteiger partial charge >= 0.3 is 23.9 Å². The van der Waals surface area contributed by atoms with Crippen LogP contribution in [0.3, 0.4) is 0 Å². The van der Waals surface area contributed by atoms with Gasteiger partial charge in [-0.05, 0) is 24.3 Å². The topological polar surface area (TPSA) is 219 Å². The van der Waals surface area contributed by atoms with Crippen molar-refractivity contribution < 1.29 is 58.4 Å². The van der Waals surface area contributed by atoms with Crippen LogP contribution in [0.4, 0.5) is 4.39 Å². The van der Waals surface area contributed by atoms with Crippen molar-refractivity contribution in [2.75, 3.05) is 39.3 Å². The van der Waals surface area contributed by atoms with Gasteiger partial charge in [-0.15, -0.1) is 0 Å². The quantitative estimate of drug-likeness (QED) is 0.197. The summed E-state index contributed by atoms with van der Waals surface area (Å²) in [6.45, 7) is 5.02. The zero-order valence-electron chi connectivity index (χ0n) is 21.1. The normalized spacial score (nSPS) is 13.7. The molecule has 1 aliphatic heterocycles. The lowest BCUT2D eigenvalue weighted by molar-refractivity contribution is -0.134. The number of benzene rings is 1. The minimum Gasteiger partial charge on any atom is -0.478 e. The van der Waals surface area contributed by atoms with Crippen molar-refractivity contribution in [1.82, 2.24) is 15.0 Å². The van der Waals surface area contributed by atoms with Crippen LogP contribution in [0.5, 0.6) is 0 Å². The standard InChI is InChI=1S/C17H20FN3O3.2C4H4O4/c18-14-3-1-13(2-4-14)17(23)16-11-15(24-19-16)12-21-7-5-20(6-8-21)9-10-22;2*5-3(6)1-2-4(7)8/h1-4,11,22H,5-10,12H2;2*1-2H,(H,5,6)(H,7,8)/b;2*2-1-. The predicted octanol–water partition coefficient (Wildman–Crippen LogP) is 0.578. The summed E-state index contributed by atoms with van der Waals surface area (Å²) in [6.07, 6.45) is 2.23. The Labute approximate surface area is 226 Å². The number of ketones is 1. The maximum Gasteiger partial charge on any atom is 0.328 e. The second kappa shape index (κ2) is 17.7. The van der Waals surface area contributed by atoms with Crippen molar-refractivity contribution in [2.24, 2.45) is 0 Å². The SMILES string of the molecule is O=C(O)/C=C\C(=O)O.O=C(O)/C=C\C(=O)O.O=C(c1ccc(F)cc1)c1cc(CN2CCN(CCO)CC2)on1. The molecule has 2 aromatic rings. The van der Waals surface area contributed by atoms with Crippen LogP contribution < -0.4 is 0 Å². The molecular weight excluding hydrogens is 537 g/mol. The van der Waals surface area contributed by atoms with Crippen molar-refractivity contribution >= 4 is 29.7 Å². The molecule has 0 saturated carbocycles. The molecule has 1 aromatic carbocycles. The molecule has 0 aliphatic carbocycles. The number of carbonyl (C=O) groups excluding carboxylic acids is 1. The number of hydrogen-bond acceptors (Lipinski definition) is 10. The summed E-state index contributed by atoms with van der Waals surface area (Å²) in [5.74, 6) is -5.05. The average molecular weight is 566 g/mol. The second-order valence-corrected chi connectivity index (χ2v) is 7.88. The van der Waals surface area contributed by atoms with Crippen LogP contribution in [0, 0.1) is 5.82 Å². The fourth-order valence-electron chi connectivity index (χ4n) is 3.06. The minimum atomic E-state index is -1.26. The van der Waals surface area contributed by atoms with Gasteiger partial charge in [0.05, 0.1) is 13.2 Å². The Hall–Kier alpha value is -4.73. The number of aliphatic hydroxyl groups excluding tert-OH is 1. The molecule has 0 amide bonds. The van der Waals surface area contributed by atoms with E-state index in [0.717, 1.165) is 26.2 Å². The molecule has 3 rings (SSSR count). The molecule has 0 spiro atoms. The van der Waals surface area contributed by atoms with E-state index >= 15 is 0 Å². The van der Waals surface area contributed by atoms with Crippen LogP contribution in [0.2, 0.25) is 0 Å². The van der Waals surface area contributed by atoms with Gasteiger partial charge in [0.1, 0.15) is 5.82 Å². The number of carbonyl (C=O) groups is 5. The van der Waals surface area contributed by atoms with Crippen molar-refractivity contribution in [2.45, 2.75) is 6.54 Å². The van der Waals surface area contributed by atoms with Gasteiger partial charge in [-0.1, -0.05) is 5.16 Å². The van der Waals surface area contributed by atoms with Gasteiger partial charge in [0.15, 0.2) is 11.5 Å². The van der Waals surface area contributed by atoms with Gasteiger partial charge in [-0.2, -0.15) is 0 Å². The van der Waals surface area contributed by atoms with E-state index in [2.05, 4.69) is 15.0 Å². The summed E-state index contributed by atoms with van der Waals surface area (Å²) in [7, 11) is 0. The third kappa shape index (κ3) is 14.3. The van der Waals surface area contributed by atoms with E-state index in [4.69, 9.17) is 30.1 Å². The fraction of sp³-hybridized carbons (Fsp3) is 0.280. The number of aliphatic carboxylic acids is 4. The lowest BCUT2D eigenvalue weighted by atomic mass is 10.1. The van der Waals surface area contributed by atoms with Crippen LogP contribution in [0.15, 0.2) is 59.2 Å². The molecule has 1 aliphatic rings. The van der Waals surface area contributed by atoms with Crippen molar-refractivity contribution in [3.8, 4) is 0 Å². The molecule has 0 unspecified atom stereocenters. The number of carboxylic acid groups (broad SMARTS) is 4. The predicted molar refractivity (Wildman–Crippen MR) is 134 cm³/mol. The van der Waals surface area contributed by atoms with E-state index in [1.54, 1.807) is 6.07 Å². The van der Waals surface area contributed by atoms with E-state index < -0.39 is 23.9 Å². The highest BCUT2D eigenvalue weighted by atomic mass is 19.1. The summed E-state index contributed by atoms with van der Waals surface area (Å²) >= 11 is 0. The summed E-state index contributed by atoms with van der Waals surface area (Å²) in [4.78, 5) is 54.9. The molecule has 14 nitrogen and oxygen atoms in total. The van der Waals surface area contributed by atoms with Crippen LogP contribution >= 0.6 is 0 Å². The number of rotatable bonds is 10. The Morgan fingerprint density at radius 2 is 1.25 bits per heavy atom. The molecule has 0 radical (unpaired) electrons. The van der Waals surface area contributed by atoms with E-state index in [1.165, 1.54) is 24.3 Å². The molecule has 0 bridgehead atoms. The van der Waals surface area contributed by atoms with E-state index in [-0.39, 0.29) is 23.9 Å². The number of aromatic nitrogens is 1. The third-order valence-electron chi connectivity index (χ3n) is 4.90. The van der Waals surface area contributed by atoms with Crippen molar-refractivity contribution in [3.63, 3.8) is 0 Å². The first-order valence-electron chi connectivity index (χ1n) is 11.5.